The van der Waals surface area contributed by atoms with Crippen LogP contribution in [0.2, 0.25) is 5.02 Å². The molecule has 4 nitrogen and oxygen atoms in total. The largest absolute Gasteiger partial charge is 0.321 e. The summed E-state index contributed by atoms with van der Waals surface area (Å²) in [7, 11) is 0. The van der Waals surface area contributed by atoms with Gasteiger partial charge in [0.25, 0.3) is 5.91 Å². The number of halogens is 2. The molecular weight excluding hydrogens is 293 g/mol. The summed E-state index contributed by atoms with van der Waals surface area (Å²) in [6.07, 6.45) is 2.74. The van der Waals surface area contributed by atoms with Gasteiger partial charge < -0.3 is 9.72 Å². The molecular formula is C15H11ClFN3O. The Morgan fingerprint density at radius 1 is 1.29 bits per heavy atom. The molecule has 0 bridgehead atoms. The molecule has 3 rings (SSSR count). The highest BCUT2D eigenvalue weighted by Crippen LogP contribution is 2.20. The smallest absolute Gasteiger partial charge is 0.275 e. The van der Waals surface area contributed by atoms with E-state index in [4.69, 9.17) is 11.6 Å². The lowest BCUT2D eigenvalue weighted by Crippen LogP contribution is -2.12. The van der Waals surface area contributed by atoms with Crippen molar-refractivity contribution in [1.29, 1.82) is 0 Å². The van der Waals surface area contributed by atoms with E-state index in [1.807, 2.05) is 13.0 Å². The van der Waals surface area contributed by atoms with Gasteiger partial charge in [-0.25, -0.2) is 9.37 Å². The van der Waals surface area contributed by atoms with Crippen molar-refractivity contribution in [3.05, 3.63) is 64.8 Å². The first-order valence-corrected chi connectivity index (χ1v) is 6.62. The van der Waals surface area contributed by atoms with E-state index in [0.29, 0.717) is 16.4 Å². The van der Waals surface area contributed by atoms with Gasteiger partial charge in [0.1, 0.15) is 17.2 Å². The van der Waals surface area contributed by atoms with Crippen LogP contribution in [0, 0.1) is 12.7 Å². The van der Waals surface area contributed by atoms with Gasteiger partial charge in [0.2, 0.25) is 0 Å². The molecule has 0 spiro atoms. The van der Waals surface area contributed by atoms with Gasteiger partial charge in [-0.2, -0.15) is 0 Å². The van der Waals surface area contributed by atoms with Crippen LogP contribution in [-0.2, 0) is 0 Å². The number of pyridine rings is 1. The number of carbonyl (C=O) groups is 1. The fourth-order valence-electron chi connectivity index (χ4n) is 1.94. The fourth-order valence-corrected chi connectivity index (χ4v) is 2.12. The van der Waals surface area contributed by atoms with Crippen molar-refractivity contribution in [3.63, 3.8) is 0 Å². The number of carbonyl (C=O) groups excluding carboxylic acids is 1. The number of hydrogen-bond donors (Lipinski definition) is 1. The maximum atomic E-state index is 13.1. The van der Waals surface area contributed by atoms with E-state index in [1.165, 1.54) is 28.9 Å². The van der Waals surface area contributed by atoms with Gasteiger partial charge in [0.05, 0.1) is 0 Å². The molecule has 2 heterocycles. The van der Waals surface area contributed by atoms with Crippen molar-refractivity contribution in [1.82, 2.24) is 9.38 Å². The van der Waals surface area contributed by atoms with E-state index in [-0.39, 0.29) is 11.6 Å². The van der Waals surface area contributed by atoms with Gasteiger partial charge in [-0.05, 0) is 36.8 Å². The number of amides is 1. The van der Waals surface area contributed by atoms with Crippen LogP contribution >= 0.6 is 11.6 Å². The Morgan fingerprint density at radius 2 is 2.10 bits per heavy atom. The summed E-state index contributed by atoms with van der Waals surface area (Å²) < 4.78 is 14.6. The lowest BCUT2D eigenvalue weighted by Gasteiger charge is -2.05. The lowest BCUT2D eigenvalue weighted by atomic mass is 10.2. The van der Waals surface area contributed by atoms with E-state index in [9.17, 15) is 9.18 Å². The van der Waals surface area contributed by atoms with Crippen molar-refractivity contribution in [2.24, 2.45) is 0 Å². The molecule has 0 aliphatic heterocycles. The van der Waals surface area contributed by atoms with Crippen LogP contribution in [0.3, 0.4) is 0 Å². The average molecular weight is 304 g/mol. The molecule has 6 heteroatoms. The number of aryl methyl sites for hydroxylation is 1. The Kier molecular flexibility index (Phi) is 3.35. The number of fused-ring (bicyclic) bond motifs is 1. The van der Waals surface area contributed by atoms with Crippen LogP contribution in [0.1, 0.15) is 16.1 Å². The van der Waals surface area contributed by atoms with E-state index in [2.05, 4.69) is 10.3 Å². The number of benzene rings is 1. The molecule has 0 saturated heterocycles. The normalized spacial score (nSPS) is 10.8. The zero-order valence-electron chi connectivity index (χ0n) is 11.1. The number of rotatable bonds is 2. The summed E-state index contributed by atoms with van der Waals surface area (Å²) in [6, 6.07) is 8.05. The second-order valence-electron chi connectivity index (χ2n) is 4.66. The third kappa shape index (κ3) is 2.73. The molecule has 0 fully saturated rings. The van der Waals surface area contributed by atoms with Crippen LogP contribution in [-0.4, -0.2) is 15.3 Å². The van der Waals surface area contributed by atoms with Crippen LogP contribution in [0.5, 0.6) is 0 Å². The molecule has 1 amide bonds. The highest BCUT2D eigenvalue weighted by Gasteiger charge is 2.11. The first kappa shape index (κ1) is 13.6. The summed E-state index contributed by atoms with van der Waals surface area (Å²) >= 11 is 6.01. The monoisotopic (exact) mass is 303 g/mol. The minimum Gasteiger partial charge on any atom is -0.321 e. The second-order valence-corrected chi connectivity index (χ2v) is 5.06. The highest BCUT2D eigenvalue weighted by atomic mass is 35.5. The number of nitrogens with one attached hydrogen (secondary N) is 1. The van der Waals surface area contributed by atoms with Crippen LogP contribution < -0.4 is 5.32 Å². The van der Waals surface area contributed by atoms with E-state index < -0.39 is 5.82 Å². The van der Waals surface area contributed by atoms with Crippen molar-refractivity contribution in [2.45, 2.75) is 6.92 Å². The number of nitrogens with zero attached hydrogens (tertiary/aromatic N) is 2. The Bertz CT molecular complexity index is 844. The summed E-state index contributed by atoms with van der Waals surface area (Å²) in [5.41, 5.74) is 2.22. The second kappa shape index (κ2) is 5.18. The summed E-state index contributed by atoms with van der Waals surface area (Å²) in [5.74, 6) is -0.767. The van der Waals surface area contributed by atoms with E-state index in [1.54, 1.807) is 12.1 Å². The van der Waals surface area contributed by atoms with Gasteiger partial charge >= 0.3 is 0 Å². The standard InChI is InChI=1S/C15H11ClFN3O/c1-9-2-4-11(6-12(9)16)18-15(21)13-8-20-7-10(17)3-5-14(20)19-13/h2-8H,1H3,(H,18,21). The maximum Gasteiger partial charge on any atom is 0.275 e. The van der Waals surface area contributed by atoms with Crippen molar-refractivity contribution in [3.8, 4) is 0 Å². The molecule has 0 atom stereocenters. The lowest BCUT2D eigenvalue weighted by molar-refractivity contribution is 0.102. The molecule has 0 radical (unpaired) electrons. The number of hydrogen-bond acceptors (Lipinski definition) is 2. The summed E-state index contributed by atoms with van der Waals surface area (Å²) in [4.78, 5) is 16.3. The first-order valence-electron chi connectivity index (χ1n) is 6.25. The topological polar surface area (TPSA) is 46.4 Å². The third-order valence-corrected chi connectivity index (χ3v) is 3.48. The molecule has 1 N–H and O–H groups in total. The predicted octanol–water partition coefficient (Wildman–Crippen LogP) is 3.69. The Morgan fingerprint density at radius 3 is 2.86 bits per heavy atom. The van der Waals surface area contributed by atoms with Gasteiger partial charge in [-0.3, -0.25) is 4.79 Å². The number of aromatic nitrogens is 2. The fraction of sp³-hybridized carbons (Fsp3) is 0.0667. The number of anilines is 1. The van der Waals surface area contributed by atoms with Crippen LogP contribution in [0.25, 0.3) is 5.65 Å². The van der Waals surface area contributed by atoms with Gasteiger partial charge in [-0.1, -0.05) is 17.7 Å². The van der Waals surface area contributed by atoms with Gasteiger partial charge in [0, 0.05) is 23.1 Å². The Balaban J connectivity index is 1.87. The highest BCUT2D eigenvalue weighted by molar-refractivity contribution is 6.31. The van der Waals surface area contributed by atoms with Crippen LogP contribution in [0.15, 0.2) is 42.7 Å². The zero-order chi connectivity index (χ0) is 15.0. The van der Waals surface area contributed by atoms with Crippen molar-refractivity contribution in [2.75, 3.05) is 5.32 Å². The molecule has 21 heavy (non-hydrogen) atoms. The molecule has 106 valence electrons. The van der Waals surface area contributed by atoms with Gasteiger partial charge in [-0.15, -0.1) is 0 Å². The number of imidazole rings is 1. The Labute approximate surface area is 125 Å². The molecule has 1 aromatic carbocycles. The molecule has 0 unspecified atom stereocenters. The molecule has 2 aromatic heterocycles. The average Bonchev–Trinajstić information content (AvgIpc) is 2.86. The third-order valence-electron chi connectivity index (χ3n) is 3.08. The summed E-state index contributed by atoms with van der Waals surface area (Å²) in [5, 5.41) is 3.28. The van der Waals surface area contributed by atoms with Crippen molar-refractivity contribution < 1.29 is 9.18 Å². The Hall–Kier alpha value is -2.40. The molecule has 0 aliphatic carbocycles. The maximum absolute atomic E-state index is 13.1. The SMILES string of the molecule is Cc1ccc(NC(=O)c2cn3cc(F)ccc3n2)cc1Cl. The minimum absolute atomic E-state index is 0.206. The predicted molar refractivity (Wildman–Crippen MR) is 79.3 cm³/mol. The minimum atomic E-state index is -0.392. The van der Waals surface area contributed by atoms with Gasteiger partial charge in [0.15, 0.2) is 0 Å². The van der Waals surface area contributed by atoms with Crippen molar-refractivity contribution >= 4 is 28.8 Å². The molecule has 0 aliphatic rings. The first-order chi connectivity index (χ1) is 10.0. The zero-order valence-corrected chi connectivity index (χ0v) is 11.9. The molecule has 3 aromatic rings. The molecule has 0 saturated carbocycles. The van der Waals surface area contributed by atoms with Crippen LogP contribution in [0.4, 0.5) is 10.1 Å². The van der Waals surface area contributed by atoms with E-state index in [0.717, 1.165) is 5.56 Å². The quantitative estimate of drug-likeness (QED) is 0.785. The van der Waals surface area contributed by atoms with E-state index >= 15 is 0 Å². The summed E-state index contributed by atoms with van der Waals surface area (Å²) in [6.45, 7) is 1.88.